The predicted molar refractivity (Wildman–Crippen MR) is 108 cm³/mol. The molecule has 30 heavy (non-hydrogen) atoms. The van der Waals surface area contributed by atoms with Crippen molar-refractivity contribution >= 4 is 49.9 Å². The van der Waals surface area contributed by atoms with Crippen molar-refractivity contribution in [3.8, 4) is 0 Å². The van der Waals surface area contributed by atoms with Gasteiger partial charge in [-0.3, -0.25) is 9.52 Å². The van der Waals surface area contributed by atoms with Crippen LogP contribution < -0.4 is 26.8 Å². The lowest BCUT2D eigenvalue weighted by molar-refractivity contribution is -0.114. The molecule has 12 nitrogen and oxygen atoms in total. The number of sulfonamides is 1. The van der Waals surface area contributed by atoms with E-state index in [1.807, 2.05) is 4.72 Å². The Balaban J connectivity index is 2.09. The lowest BCUT2D eigenvalue weighted by Gasteiger charge is -2.10. The fourth-order valence-electron chi connectivity index (χ4n) is 2.02. The molecule has 0 atom stereocenters. The molecule has 162 valence electrons. The van der Waals surface area contributed by atoms with Gasteiger partial charge in [0.15, 0.2) is 11.7 Å². The van der Waals surface area contributed by atoms with Gasteiger partial charge in [0.1, 0.15) is 17.4 Å². The molecule has 1 aromatic carbocycles. The number of carboxylic acid groups (broad SMARTS) is 1. The van der Waals surface area contributed by atoms with E-state index in [0.717, 1.165) is 29.0 Å². The van der Waals surface area contributed by atoms with Gasteiger partial charge in [0.25, 0.3) is 10.0 Å². The van der Waals surface area contributed by atoms with E-state index in [0.29, 0.717) is 19.2 Å². The first-order chi connectivity index (χ1) is 14.1. The van der Waals surface area contributed by atoms with Crippen LogP contribution in [0.5, 0.6) is 0 Å². The quantitative estimate of drug-likeness (QED) is 0.213. The molecule has 0 unspecified atom stereocenters. The van der Waals surface area contributed by atoms with Crippen LogP contribution in [0.25, 0.3) is 0 Å². The summed E-state index contributed by atoms with van der Waals surface area (Å²) in [6, 6.07) is 2.77. The number of rotatable bonds is 9. The minimum absolute atomic E-state index is 0.00705. The molecule has 0 aliphatic carbocycles. The zero-order valence-electron chi connectivity index (χ0n) is 15.3. The summed E-state index contributed by atoms with van der Waals surface area (Å²) in [7, 11) is -4.29. The van der Waals surface area contributed by atoms with Crippen LogP contribution in [0.2, 0.25) is 0 Å². The molecule has 0 spiro atoms. The maximum Gasteiger partial charge on any atom is 0.357 e. The second kappa shape index (κ2) is 9.95. The van der Waals surface area contributed by atoms with Crippen LogP contribution >= 0.6 is 11.3 Å². The van der Waals surface area contributed by atoms with Gasteiger partial charge < -0.3 is 27.2 Å². The summed E-state index contributed by atoms with van der Waals surface area (Å²) >= 11 is 0.760. The van der Waals surface area contributed by atoms with Crippen molar-refractivity contribution in [2.45, 2.75) is 4.90 Å². The number of guanidine groups is 1. The van der Waals surface area contributed by atoms with Crippen LogP contribution in [0.3, 0.4) is 0 Å². The number of amides is 1. The number of hydrogen-bond acceptors (Lipinski definition) is 8. The maximum atomic E-state index is 14.3. The van der Waals surface area contributed by atoms with Gasteiger partial charge in [-0.15, -0.1) is 11.3 Å². The highest BCUT2D eigenvalue weighted by molar-refractivity contribution is 7.93. The van der Waals surface area contributed by atoms with E-state index in [2.05, 4.69) is 20.6 Å². The fourth-order valence-corrected chi connectivity index (χ4v) is 4.02. The molecular formula is C15H18FN7O5S2. The van der Waals surface area contributed by atoms with E-state index >= 15 is 0 Å². The van der Waals surface area contributed by atoms with Gasteiger partial charge >= 0.3 is 5.97 Å². The molecule has 2 aromatic rings. The number of aromatic carboxylic acids is 1. The molecule has 1 amide bonds. The average molecular weight is 459 g/mol. The summed E-state index contributed by atoms with van der Waals surface area (Å²) in [6.45, 7) is 0.289. The van der Waals surface area contributed by atoms with Crippen LogP contribution in [-0.4, -0.2) is 56.0 Å². The number of anilines is 2. The Morgan fingerprint density at radius 1 is 1.33 bits per heavy atom. The van der Waals surface area contributed by atoms with Gasteiger partial charge in [0, 0.05) is 13.1 Å². The maximum absolute atomic E-state index is 14.3. The van der Waals surface area contributed by atoms with Crippen molar-refractivity contribution in [3.05, 3.63) is 35.2 Å². The van der Waals surface area contributed by atoms with Gasteiger partial charge in [-0.25, -0.2) is 27.6 Å². The average Bonchev–Trinajstić information content (AvgIpc) is 3.13. The first kappa shape index (κ1) is 23.0. The number of carboxylic acids is 1. The highest BCUT2D eigenvalue weighted by Crippen LogP contribution is 2.25. The number of nitrogens with zero attached hydrogens (tertiary/aromatic N) is 2. The number of nitrogens with two attached hydrogens (primary N) is 2. The molecule has 0 saturated carbocycles. The van der Waals surface area contributed by atoms with E-state index in [-0.39, 0.29) is 16.6 Å². The Hall–Kier alpha value is -3.30. The fraction of sp³-hybridized carbons (Fsp3) is 0.200. The minimum Gasteiger partial charge on any atom is -0.476 e. The van der Waals surface area contributed by atoms with E-state index in [1.165, 1.54) is 0 Å². The third-order valence-electron chi connectivity index (χ3n) is 3.37. The van der Waals surface area contributed by atoms with Gasteiger partial charge in [-0.1, -0.05) is 0 Å². The SMILES string of the molecule is NCCNC(N)=NCC(=O)Nc1ccc(S(=O)(=O)Nc2scnc2C(=O)O)cc1F. The first-order valence-electron chi connectivity index (χ1n) is 8.17. The monoisotopic (exact) mass is 459 g/mol. The van der Waals surface area contributed by atoms with Crippen molar-refractivity contribution in [2.75, 3.05) is 29.7 Å². The molecule has 0 bridgehead atoms. The third-order valence-corrected chi connectivity index (χ3v) is 5.58. The molecular weight excluding hydrogens is 441 g/mol. The summed E-state index contributed by atoms with van der Waals surface area (Å²) < 4.78 is 41.1. The smallest absolute Gasteiger partial charge is 0.357 e. The number of carbonyl (C=O) groups excluding carboxylic acids is 1. The van der Waals surface area contributed by atoms with Crippen molar-refractivity contribution in [3.63, 3.8) is 0 Å². The molecule has 8 N–H and O–H groups in total. The van der Waals surface area contributed by atoms with Crippen LogP contribution in [0.1, 0.15) is 10.5 Å². The number of carbonyl (C=O) groups is 2. The minimum atomic E-state index is -4.29. The standard InChI is InChI=1S/C15H18FN7O5S2/c16-9-5-8(30(27,28)23-13-12(14(25)26)21-7-29-13)1-2-10(9)22-11(24)6-20-15(18)19-4-3-17/h1-2,5,7,23H,3-4,6,17H2,(H,22,24)(H,25,26)(H3,18,19,20). The molecule has 0 saturated heterocycles. The topological polar surface area (TPSA) is 202 Å². The summed E-state index contributed by atoms with van der Waals surface area (Å²) in [4.78, 5) is 29.7. The highest BCUT2D eigenvalue weighted by atomic mass is 32.2. The number of nitrogens with one attached hydrogen (secondary N) is 3. The lowest BCUT2D eigenvalue weighted by atomic mass is 10.3. The predicted octanol–water partition coefficient (Wildman–Crippen LogP) is -0.417. The van der Waals surface area contributed by atoms with E-state index in [9.17, 15) is 22.4 Å². The van der Waals surface area contributed by atoms with E-state index in [1.54, 1.807) is 0 Å². The molecule has 0 radical (unpaired) electrons. The van der Waals surface area contributed by atoms with Crippen molar-refractivity contribution in [1.82, 2.24) is 10.3 Å². The van der Waals surface area contributed by atoms with Gasteiger partial charge in [0.2, 0.25) is 5.91 Å². The molecule has 0 aliphatic rings. The first-order valence-corrected chi connectivity index (χ1v) is 10.5. The molecule has 1 aromatic heterocycles. The summed E-state index contributed by atoms with van der Waals surface area (Å²) in [5.74, 6) is -3.13. The number of benzene rings is 1. The van der Waals surface area contributed by atoms with Crippen molar-refractivity contribution < 1.29 is 27.5 Å². The summed E-state index contributed by atoms with van der Waals surface area (Å²) in [5.41, 5.74) is 11.2. The molecule has 1 heterocycles. The van der Waals surface area contributed by atoms with Gasteiger partial charge in [0.05, 0.1) is 16.1 Å². The van der Waals surface area contributed by atoms with E-state index < -0.39 is 44.9 Å². The summed E-state index contributed by atoms with van der Waals surface area (Å²) in [6.07, 6.45) is 0. The zero-order chi connectivity index (χ0) is 22.3. The molecule has 15 heteroatoms. The Bertz CT molecular complexity index is 1070. The second-order valence-electron chi connectivity index (χ2n) is 5.55. The Morgan fingerprint density at radius 2 is 2.07 bits per heavy atom. The van der Waals surface area contributed by atoms with Crippen molar-refractivity contribution in [1.29, 1.82) is 0 Å². The number of hydrogen-bond donors (Lipinski definition) is 6. The number of aliphatic imine (C=N–C) groups is 1. The van der Waals surface area contributed by atoms with Crippen LogP contribution in [0.15, 0.2) is 33.6 Å². The normalized spacial score (nSPS) is 11.7. The van der Waals surface area contributed by atoms with Gasteiger partial charge in [-0.05, 0) is 18.2 Å². The number of aromatic nitrogens is 1. The van der Waals surface area contributed by atoms with Crippen LogP contribution in [0.4, 0.5) is 15.1 Å². The zero-order valence-corrected chi connectivity index (χ0v) is 16.9. The Kier molecular flexibility index (Phi) is 7.62. The third kappa shape index (κ3) is 6.10. The highest BCUT2D eigenvalue weighted by Gasteiger charge is 2.22. The van der Waals surface area contributed by atoms with Gasteiger partial charge in [-0.2, -0.15) is 0 Å². The molecule has 0 aliphatic heterocycles. The summed E-state index contributed by atoms with van der Waals surface area (Å²) in [5, 5.41) is 13.7. The largest absolute Gasteiger partial charge is 0.476 e. The van der Waals surface area contributed by atoms with Crippen LogP contribution in [0, 0.1) is 5.82 Å². The van der Waals surface area contributed by atoms with Crippen molar-refractivity contribution in [2.24, 2.45) is 16.5 Å². The Labute approximate surface area is 174 Å². The molecule has 0 fully saturated rings. The lowest BCUT2D eigenvalue weighted by Crippen LogP contribution is -2.36. The molecule has 2 rings (SSSR count). The number of thiazole rings is 1. The Morgan fingerprint density at radius 3 is 2.70 bits per heavy atom. The van der Waals surface area contributed by atoms with E-state index in [4.69, 9.17) is 16.6 Å². The second-order valence-corrected chi connectivity index (χ2v) is 8.08. The number of halogens is 1. The van der Waals surface area contributed by atoms with Crippen LogP contribution in [-0.2, 0) is 14.8 Å².